The molecule has 1 atom stereocenters. The van der Waals surface area contributed by atoms with Gasteiger partial charge in [-0.2, -0.15) is 0 Å². The summed E-state index contributed by atoms with van der Waals surface area (Å²) >= 11 is 0. The lowest BCUT2D eigenvalue weighted by atomic mass is 9.91. The molecule has 3 aromatic heterocycles. The molecular weight excluding hydrogens is 364 g/mol. The van der Waals surface area contributed by atoms with Crippen molar-refractivity contribution in [1.29, 1.82) is 0 Å². The molecule has 1 N–H and O–H groups in total. The molecule has 4 rings (SSSR count). The van der Waals surface area contributed by atoms with Crippen molar-refractivity contribution < 1.29 is 9.21 Å². The Bertz CT molecular complexity index is 998. The number of furan rings is 1. The van der Waals surface area contributed by atoms with E-state index in [0.717, 1.165) is 36.7 Å². The van der Waals surface area contributed by atoms with E-state index in [1.807, 2.05) is 54.4 Å². The second-order valence-corrected chi connectivity index (χ2v) is 7.24. The molecule has 1 aliphatic heterocycles. The van der Waals surface area contributed by atoms with Crippen LogP contribution < -0.4 is 5.32 Å². The van der Waals surface area contributed by atoms with Crippen LogP contribution in [0.25, 0.3) is 6.08 Å². The zero-order valence-electron chi connectivity index (χ0n) is 16.4. The van der Waals surface area contributed by atoms with Crippen LogP contribution in [0.4, 0.5) is 11.6 Å². The molecule has 0 unspecified atom stereocenters. The lowest BCUT2D eigenvalue weighted by molar-refractivity contribution is -0.127. The Hall–Kier alpha value is -3.41. The average molecular weight is 388 g/mol. The van der Waals surface area contributed by atoms with Gasteiger partial charge in [-0.25, -0.2) is 9.97 Å². The predicted octanol–water partition coefficient (Wildman–Crippen LogP) is 4.54. The van der Waals surface area contributed by atoms with Crippen molar-refractivity contribution >= 4 is 23.6 Å². The van der Waals surface area contributed by atoms with Crippen LogP contribution in [-0.2, 0) is 4.79 Å². The molecule has 0 aromatic carbocycles. The Kier molecular flexibility index (Phi) is 5.70. The van der Waals surface area contributed by atoms with Gasteiger partial charge in [0, 0.05) is 37.0 Å². The standard InChI is InChI=1S/C23H24N4O2/c1-17-5-2-8-21(25-17)26-22-15-18(11-12-24-22)19-6-3-13-27(16-19)23(28)10-9-20-7-4-14-29-20/h2,4-5,7-12,14-15,19H,3,6,13,16H2,1H3,(H,24,25,26)/b10-9+/t19-/m1/s1. The van der Waals surface area contributed by atoms with Crippen LogP contribution in [-0.4, -0.2) is 33.9 Å². The number of rotatable bonds is 5. The molecule has 1 fully saturated rings. The largest absolute Gasteiger partial charge is 0.465 e. The maximum absolute atomic E-state index is 12.6. The van der Waals surface area contributed by atoms with Gasteiger partial charge in [-0.1, -0.05) is 6.07 Å². The molecule has 0 radical (unpaired) electrons. The first-order valence-electron chi connectivity index (χ1n) is 9.84. The molecule has 3 aromatic rings. The number of amides is 1. The van der Waals surface area contributed by atoms with Gasteiger partial charge in [0.25, 0.3) is 0 Å². The number of piperidine rings is 1. The summed E-state index contributed by atoms with van der Waals surface area (Å²) in [5.74, 6) is 2.53. The number of aromatic nitrogens is 2. The number of aryl methyl sites for hydroxylation is 1. The number of likely N-dealkylation sites (tertiary alicyclic amines) is 1. The summed E-state index contributed by atoms with van der Waals surface area (Å²) < 4.78 is 5.25. The zero-order chi connectivity index (χ0) is 20.1. The molecule has 0 spiro atoms. The second kappa shape index (κ2) is 8.73. The topological polar surface area (TPSA) is 71.3 Å². The van der Waals surface area contributed by atoms with Crippen LogP contribution in [0.1, 0.15) is 35.8 Å². The number of anilines is 2. The molecule has 1 amide bonds. The van der Waals surface area contributed by atoms with Crippen LogP contribution in [0, 0.1) is 6.92 Å². The summed E-state index contributed by atoms with van der Waals surface area (Å²) in [6.45, 7) is 3.44. The van der Waals surface area contributed by atoms with Gasteiger partial charge in [0.15, 0.2) is 0 Å². The van der Waals surface area contributed by atoms with Crippen LogP contribution in [0.15, 0.2) is 65.4 Å². The highest BCUT2D eigenvalue weighted by Gasteiger charge is 2.24. The van der Waals surface area contributed by atoms with Crippen molar-refractivity contribution in [3.05, 3.63) is 78.0 Å². The number of carbonyl (C=O) groups excluding carboxylic acids is 1. The second-order valence-electron chi connectivity index (χ2n) is 7.24. The van der Waals surface area contributed by atoms with Gasteiger partial charge >= 0.3 is 0 Å². The van der Waals surface area contributed by atoms with Crippen LogP contribution >= 0.6 is 0 Å². The third-order valence-electron chi connectivity index (χ3n) is 5.07. The van der Waals surface area contributed by atoms with E-state index >= 15 is 0 Å². The maximum atomic E-state index is 12.6. The minimum absolute atomic E-state index is 0.0162. The quantitative estimate of drug-likeness (QED) is 0.650. The number of hydrogen-bond acceptors (Lipinski definition) is 5. The van der Waals surface area contributed by atoms with E-state index in [0.29, 0.717) is 18.2 Å². The molecular formula is C23H24N4O2. The van der Waals surface area contributed by atoms with Crippen molar-refractivity contribution in [2.75, 3.05) is 18.4 Å². The van der Waals surface area contributed by atoms with Crippen LogP contribution in [0.5, 0.6) is 0 Å². The lowest BCUT2D eigenvalue weighted by Gasteiger charge is -2.32. The predicted molar refractivity (Wildman–Crippen MR) is 113 cm³/mol. The first kappa shape index (κ1) is 18.9. The normalized spacial score (nSPS) is 16.9. The van der Waals surface area contributed by atoms with E-state index < -0.39 is 0 Å². The average Bonchev–Trinajstić information content (AvgIpc) is 3.26. The van der Waals surface area contributed by atoms with Gasteiger partial charge in [-0.05, 0) is 67.8 Å². The van der Waals surface area contributed by atoms with E-state index in [2.05, 4.69) is 21.4 Å². The van der Waals surface area contributed by atoms with Crippen LogP contribution in [0.3, 0.4) is 0 Å². The summed E-state index contributed by atoms with van der Waals surface area (Å²) in [6, 6.07) is 13.6. The molecule has 6 nitrogen and oxygen atoms in total. The van der Waals surface area contributed by atoms with E-state index in [1.165, 1.54) is 5.56 Å². The van der Waals surface area contributed by atoms with Gasteiger partial charge in [-0.3, -0.25) is 4.79 Å². The van der Waals surface area contributed by atoms with Gasteiger partial charge < -0.3 is 14.6 Å². The first-order valence-corrected chi connectivity index (χ1v) is 9.84. The monoisotopic (exact) mass is 388 g/mol. The Morgan fingerprint density at radius 2 is 2.17 bits per heavy atom. The third-order valence-corrected chi connectivity index (χ3v) is 5.07. The maximum Gasteiger partial charge on any atom is 0.246 e. The Balaban J connectivity index is 1.43. The highest BCUT2D eigenvalue weighted by Crippen LogP contribution is 2.28. The molecule has 1 saturated heterocycles. The molecule has 6 heteroatoms. The highest BCUT2D eigenvalue weighted by molar-refractivity contribution is 5.91. The molecule has 148 valence electrons. The van der Waals surface area contributed by atoms with Gasteiger partial charge in [0.1, 0.15) is 17.4 Å². The summed E-state index contributed by atoms with van der Waals surface area (Å²) in [6.07, 6.45) is 8.75. The lowest BCUT2D eigenvalue weighted by Crippen LogP contribution is -2.38. The molecule has 29 heavy (non-hydrogen) atoms. The molecule has 4 heterocycles. The van der Waals surface area contributed by atoms with Gasteiger partial charge in [0.05, 0.1) is 6.26 Å². The van der Waals surface area contributed by atoms with Crippen molar-refractivity contribution in [1.82, 2.24) is 14.9 Å². The summed E-state index contributed by atoms with van der Waals surface area (Å²) in [5.41, 5.74) is 2.14. The Morgan fingerprint density at radius 3 is 3.00 bits per heavy atom. The smallest absolute Gasteiger partial charge is 0.246 e. The molecule has 0 aliphatic carbocycles. The Labute approximate surface area is 170 Å². The third kappa shape index (κ3) is 4.90. The summed E-state index contributed by atoms with van der Waals surface area (Å²) in [5, 5.41) is 3.27. The van der Waals surface area contributed by atoms with Crippen LogP contribution in [0.2, 0.25) is 0 Å². The fraction of sp³-hybridized carbons (Fsp3) is 0.261. The SMILES string of the molecule is Cc1cccc(Nc2cc([C@@H]3CCCN(C(=O)/C=C/c4ccco4)C3)ccn2)n1. The summed E-state index contributed by atoms with van der Waals surface area (Å²) in [7, 11) is 0. The van der Waals surface area contributed by atoms with Gasteiger partial charge in [-0.15, -0.1) is 0 Å². The van der Waals surface area contributed by atoms with E-state index in [4.69, 9.17) is 4.42 Å². The first-order chi connectivity index (χ1) is 14.2. The molecule has 0 bridgehead atoms. The number of nitrogens with one attached hydrogen (secondary N) is 1. The molecule has 0 saturated carbocycles. The van der Waals surface area contributed by atoms with Gasteiger partial charge in [0.2, 0.25) is 5.91 Å². The fourth-order valence-corrected chi connectivity index (χ4v) is 3.61. The van der Waals surface area contributed by atoms with E-state index in [-0.39, 0.29) is 5.91 Å². The minimum atomic E-state index is 0.0162. The van der Waals surface area contributed by atoms with Crippen molar-refractivity contribution in [2.45, 2.75) is 25.7 Å². The number of nitrogens with zero attached hydrogens (tertiary/aromatic N) is 3. The van der Waals surface area contributed by atoms with Crippen molar-refractivity contribution in [3.63, 3.8) is 0 Å². The number of hydrogen-bond donors (Lipinski definition) is 1. The summed E-state index contributed by atoms with van der Waals surface area (Å²) in [4.78, 5) is 23.4. The Morgan fingerprint density at radius 1 is 1.24 bits per heavy atom. The fourth-order valence-electron chi connectivity index (χ4n) is 3.61. The molecule has 1 aliphatic rings. The number of pyridine rings is 2. The minimum Gasteiger partial charge on any atom is -0.465 e. The van der Waals surface area contributed by atoms with E-state index in [1.54, 1.807) is 18.4 Å². The van der Waals surface area contributed by atoms with Crippen molar-refractivity contribution in [3.8, 4) is 0 Å². The highest BCUT2D eigenvalue weighted by atomic mass is 16.3. The van der Waals surface area contributed by atoms with Crippen molar-refractivity contribution in [2.24, 2.45) is 0 Å². The number of carbonyl (C=O) groups is 1. The zero-order valence-corrected chi connectivity index (χ0v) is 16.4. The van der Waals surface area contributed by atoms with E-state index in [9.17, 15) is 4.79 Å².